The molecular formula is C49H67FN6O7. The molecule has 1 amide bonds. The highest BCUT2D eigenvalue weighted by Crippen LogP contribution is 2.44. The summed E-state index contributed by atoms with van der Waals surface area (Å²) in [6.07, 6.45) is 10.1. The zero-order valence-electron chi connectivity index (χ0n) is 38.7. The Bertz CT molecular complexity index is 2240. The summed E-state index contributed by atoms with van der Waals surface area (Å²) >= 11 is 0. The van der Waals surface area contributed by atoms with Crippen molar-refractivity contribution in [1.82, 2.24) is 24.7 Å². The van der Waals surface area contributed by atoms with E-state index >= 15 is 0 Å². The fraction of sp³-hybridized carbons (Fsp3) is 0.469. The van der Waals surface area contributed by atoms with Crippen molar-refractivity contribution in [3.63, 3.8) is 0 Å². The average molecular weight is 871 g/mol. The lowest BCUT2D eigenvalue weighted by molar-refractivity contribution is -0.106. The Kier molecular flexibility index (Phi) is 20.0. The Hall–Kier alpha value is -5.41. The zero-order valence-corrected chi connectivity index (χ0v) is 38.7. The number of nitrogens with one attached hydrogen (secondary N) is 2. The van der Waals surface area contributed by atoms with Crippen molar-refractivity contribution < 1.29 is 32.9 Å². The number of aromatic nitrogens is 2. The third-order valence-corrected chi connectivity index (χ3v) is 11.0. The van der Waals surface area contributed by atoms with Crippen LogP contribution in [-0.2, 0) is 27.9 Å². The summed E-state index contributed by atoms with van der Waals surface area (Å²) in [5, 5.41) is 7.65. The molecule has 1 saturated carbocycles. The van der Waals surface area contributed by atoms with E-state index in [0.717, 1.165) is 96.2 Å². The predicted octanol–water partition coefficient (Wildman–Crippen LogP) is 7.86. The molecule has 13 nitrogen and oxygen atoms in total. The number of hydrogen-bond acceptors (Lipinski definition) is 11. The summed E-state index contributed by atoms with van der Waals surface area (Å²) in [6.45, 7) is 14.0. The standard InChI is InChI=1S/C27H39N5O5.C20H24FNO.C2H4O/c1-28-7-9-36-11-12-37-10-8-29-26-15-20-21(16-30-26)27(33)32(4)18-22(20)19-13-24(34-5)23(17-31(2)3)25(14-19)35-6;1-4-13(2)11-12-14(3)22-19(15-7-5-8-15)16-9-6-10-17(21)18(16)20(22)23;1-2-3/h13-16,18,28H,7-12,17H2,1-6H3,(H,29,30);6,9-10,14H,2,4-5,7-8,11-12H2,1,3H3;2H,1H3. The van der Waals surface area contributed by atoms with Crippen molar-refractivity contribution in [3.05, 3.63) is 99.4 Å². The van der Waals surface area contributed by atoms with Crippen LogP contribution in [0.1, 0.15) is 80.8 Å². The number of rotatable bonds is 20. The number of aryl methyl sites for hydroxylation is 1. The van der Waals surface area contributed by atoms with Crippen LogP contribution in [0.5, 0.6) is 11.5 Å². The van der Waals surface area contributed by atoms with Crippen molar-refractivity contribution >= 4 is 34.5 Å². The Morgan fingerprint density at radius 3 is 2.22 bits per heavy atom. The Morgan fingerprint density at radius 1 is 1.00 bits per heavy atom. The van der Waals surface area contributed by atoms with Gasteiger partial charge in [-0.05, 0) is 109 Å². The van der Waals surface area contributed by atoms with Crippen molar-refractivity contribution in [3.8, 4) is 22.6 Å². The van der Waals surface area contributed by atoms with Gasteiger partial charge in [0.2, 0.25) is 0 Å². The molecule has 63 heavy (non-hydrogen) atoms. The summed E-state index contributed by atoms with van der Waals surface area (Å²) in [6, 6.07) is 10.9. The molecule has 2 aromatic carbocycles. The monoisotopic (exact) mass is 871 g/mol. The number of hydrogen-bond donors (Lipinski definition) is 2. The molecule has 0 radical (unpaired) electrons. The number of carbonyl (C=O) groups is 2. The minimum absolute atomic E-state index is 0.0562. The summed E-state index contributed by atoms with van der Waals surface area (Å²) in [7, 11) is 10.9. The minimum Gasteiger partial charge on any atom is -0.496 e. The Balaban J connectivity index is 0.000000285. The first-order chi connectivity index (χ1) is 30.3. The van der Waals surface area contributed by atoms with Gasteiger partial charge in [-0.1, -0.05) is 31.2 Å². The number of methoxy groups -OCH3 is 2. The molecule has 6 rings (SSSR count). The van der Waals surface area contributed by atoms with Crippen LogP contribution in [0.15, 0.2) is 71.3 Å². The van der Waals surface area contributed by atoms with Crippen LogP contribution in [-0.4, -0.2) is 112 Å². The lowest BCUT2D eigenvalue weighted by Crippen LogP contribution is -2.34. The van der Waals surface area contributed by atoms with Gasteiger partial charge in [-0.2, -0.15) is 0 Å². The lowest BCUT2D eigenvalue weighted by atomic mass is 9.88. The van der Waals surface area contributed by atoms with Crippen LogP contribution in [0, 0.1) is 5.82 Å². The van der Waals surface area contributed by atoms with Gasteiger partial charge in [0.25, 0.3) is 11.5 Å². The SMILES string of the molecule is C=C(CC)CCC(C)N1C(=O)c2c(F)cccc2C1=C1CCC1.CC=O.CNCCOCCOCCNc1cc2c(-c3cc(OC)c(CN(C)C)c(OC)c3)cn(C)c(=O)c2cn1. The molecule has 0 bridgehead atoms. The highest BCUT2D eigenvalue weighted by atomic mass is 19.1. The lowest BCUT2D eigenvalue weighted by Gasteiger charge is -2.31. The Labute approximate surface area is 372 Å². The van der Waals surface area contributed by atoms with Gasteiger partial charge in [0.1, 0.15) is 29.4 Å². The Morgan fingerprint density at radius 2 is 1.65 bits per heavy atom. The fourth-order valence-electron chi connectivity index (χ4n) is 7.43. The topological polar surface area (TPSA) is 136 Å². The van der Waals surface area contributed by atoms with Gasteiger partial charge in [0.05, 0.1) is 62.9 Å². The quantitative estimate of drug-likeness (QED) is 0.0511. The molecule has 1 unspecified atom stereocenters. The van der Waals surface area contributed by atoms with E-state index in [4.69, 9.17) is 23.7 Å². The van der Waals surface area contributed by atoms with Gasteiger partial charge in [-0.25, -0.2) is 9.37 Å². The van der Waals surface area contributed by atoms with E-state index in [1.165, 1.54) is 24.1 Å². The first-order valence-corrected chi connectivity index (χ1v) is 21.7. The number of ether oxygens (including phenoxy) is 4. The van der Waals surface area contributed by atoms with Crippen LogP contribution in [0.4, 0.5) is 10.2 Å². The van der Waals surface area contributed by atoms with Crippen LogP contribution in [0.25, 0.3) is 27.6 Å². The maximum atomic E-state index is 14.2. The number of benzene rings is 2. The number of anilines is 1. The number of amides is 1. The number of carbonyl (C=O) groups excluding carboxylic acids is 2. The molecule has 0 saturated heterocycles. The molecule has 1 fully saturated rings. The van der Waals surface area contributed by atoms with E-state index in [1.54, 1.807) is 38.1 Å². The molecule has 1 aliphatic heterocycles. The molecule has 4 aromatic rings. The van der Waals surface area contributed by atoms with Gasteiger partial charge in [0, 0.05) is 61.6 Å². The first-order valence-electron chi connectivity index (χ1n) is 21.7. The molecule has 2 N–H and O–H groups in total. The molecule has 2 aliphatic rings. The van der Waals surface area contributed by atoms with E-state index in [-0.39, 0.29) is 23.1 Å². The minimum atomic E-state index is -0.405. The number of halogens is 1. The number of fused-ring (bicyclic) bond motifs is 2. The van der Waals surface area contributed by atoms with Crippen LogP contribution in [0.3, 0.4) is 0 Å². The molecule has 0 spiro atoms. The van der Waals surface area contributed by atoms with E-state index in [0.29, 0.717) is 50.7 Å². The van der Waals surface area contributed by atoms with Gasteiger partial charge in [-0.3, -0.25) is 9.59 Å². The molecular weight excluding hydrogens is 804 g/mol. The van der Waals surface area contributed by atoms with Crippen LogP contribution < -0.4 is 25.7 Å². The molecule has 1 aliphatic carbocycles. The number of allylic oxidation sites excluding steroid dienone is 2. The highest BCUT2D eigenvalue weighted by Gasteiger charge is 2.39. The smallest absolute Gasteiger partial charge is 0.262 e. The fourth-order valence-corrected chi connectivity index (χ4v) is 7.43. The van der Waals surface area contributed by atoms with E-state index < -0.39 is 5.82 Å². The number of aldehydes is 1. The number of nitrogens with zero attached hydrogens (tertiary/aromatic N) is 4. The number of pyridine rings is 2. The van der Waals surface area contributed by atoms with Crippen molar-refractivity contribution in [1.29, 1.82) is 0 Å². The van der Waals surface area contributed by atoms with Crippen molar-refractivity contribution in [2.45, 2.75) is 71.9 Å². The highest BCUT2D eigenvalue weighted by molar-refractivity contribution is 6.10. The number of likely N-dealkylation sites (N-methyl/N-ethyl adjacent to an activating group) is 1. The van der Waals surface area contributed by atoms with Crippen LogP contribution >= 0.6 is 0 Å². The molecule has 3 heterocycles. The maximum Gasteiger partial charge on any atom is 0.262 e. The van der Waals surface area contributed by atoms with E-state index in [2.05, 4.69) is 40.9 Å². The molecule has 1 atom stereocenters. The second kappa shape index (κ2) is 25.0. The summed E-state index contributed by atoms with van der Waals surface area (Å²) in [5.41, 5.74) is 7.13. The van der Waals surface area contributed by atoms with Gasteiger partial charge >= 0.3 is 0 Å². The molecule has 2 aromatic heterocycles. The predicted molar refractivity (Wildman–Crippen MR) is 250 cm³/mol. The molecule has 342 valence electrons. The second-order valence-electron chi connectivity index (χ2n) is 15.8. The summed E-state index contributed by atoms with van der Waals surface area (Å²) in [4.78, 5) is 42.9. The third-order valence-electron chi connectivity index (χ3n) is 11.0. The van der Waals surface area contributed by atoms with E-state index in [1.807, 2.05) is 56.5 Å². The second-order valence-corrected chi connectivity index (χ2v) is 15.8. The van der Waals surface area contributed by atoms with Crippen LogP contribution in [0.2, 0.25) is 0 Å². The third kappa shape index (κ3) is 13.1. The zero-order chi connectivity index (χ0) is 46.1. The van der Waals surface area contributed by atoms with E-state index in [9.17, 15) is 14.0 Å². The normalized spacial score (nSPS) is 13.4. The van der Waals surface area contributed by atoms with Gasteiger partial charge in [-0.15, -0.1) is 0 Å². The summed E-state index contributed by atoms with van der Waals surface area (Å²) in [5.74, 6) is 1.54. The average Bonchev–Trinajstić information content (AvgIpc) is 3.54. The largest absolute Gasteiger partial charge is 0.496 e. The maximum absolute atomic E-state index is 14.2. The summed E-state index contributed by atoms with van der Waals surface area (Å²) < 4.78 is 38.3. The first kappa shape index (κ1) is 50.2. The molecule has 14 heteroatoms. The van der Waals surface area contributed by atoms with Crippen molar-refractivity contribution in [2.24, 2.45) is 7.05 Å². The van der Waals surface area contributed by atoms with Gasteiger partial charge < -0.3 is 48.7 Å². The van der Waals surface area contributed by atoms with Gasteiger partial charge in [0.15, 0.2) is 0 Å². The van der Waals surface area contributed by atoms with Crippen molar-refractivity contribution in [2.75, 3.05) is 80.2 Å².